The predicted molar refractivity (Wildman–Crippen MR) is 91.7 cm³/mol. The van der Waals surface area contributed by atoms with E-state index in [0.29, 0.717) is 24.5 Å². The van der Waals surface area contributed by atoms with Crippen molar-refractivity contribution in [2.75, 3.05) is 0 Å². The number of benzene rings is 1. The molecule has 22 heavy (non-hydrogen) atoms. The maximum absolute atomic E-state index is 6.30. The molecule has 1 aliphatic rings. The second-order valence-corrected chi connectivity index (χ2v) is 7.17. The molecule has 1 aliphatic carbocycles. The lowest BCUT2D eigenvalue weighted by Gasteiger charge is -2.37. The van der Waals surface area contributed by atoms with Crippen molar-refractivity contribution in [2.24, 2.45) is 17.8 Å². The molecule has 1 fully saturated rings. The molecule has 2 nitrogen and oxygen atoms in total. The molecule has 0 amide bonds. The molecule has 3 rings (SSSR count). The van der Waals surface area contributed by atoms with Gasteiger partial charge in [0, 0.05) is 5.39 Å². The molecule has 2 heteroatoms. The Morgan fingerprint density at radius 1 is 1.14 bits per heavy atom. The molecule has 0 spiro atoms. The average molecular weight is 297 g/mol. The number of hydrogen-bond donors (Lipinski definition) is 0. The van der Waals surface area contributed by atoms with Crippen LogP contribution in [0, 0.1) is 17.8 Å². The van der Waals surface area contributed by atoms with Crippen LogP contribution in [-0.2, 0) is 11.3 Å². The molecule has 0 bridgehead atoms. The monoisotopic (exact) mass is 297 g/mol. The summed E-state index contributed by atoms with van der Waals surface area (Å²) in [6, 6.07) is 12.5. The first-order valence-corrected chi connectivity index (χ1v) is 8.59. The Morgan fingerprint density at radius 3 is 2.77 bits per heavy atom. The minimum atomic E-state index is 0.386. The lowest BCUT2D eigenvalue weighted by Crippen LogP contribution is -2.34. The van der Waals surface area contributed by atoms with Crippen molar-refractivity contribution in [3.05, 3.63) is 42.1 Å². The number of fused-ring (bicyclic) bond motifs is 1. The summed E-state index contributed by atoms with van der Waals surface area (Å²) in [4.78, 5) is 4.72. The fourth-order valence-corrected chi connectivity index (χ4v) is 3.69. The van der Waals surface area contributed by atoms with Gasteiger partial charge in [-0.25, -0.2) is 0 Å². The largest absolute Gasteiger partial charge is 0.372 e. The molecule has 1 aromatic heterocycles. The third kappa shape index (κ3) is 3.49. The summed E-state index contributed by atoms with van der Waals surface area (Å²) < 4.78 is 6.30. The van der Waals surface area contributed by atoms with E-state index in [4.69, 9.17) is 9.72 Å². The zero-order chi connectivity index (χ0) is 15.5. The predicted octanol–water partition coefficient (Wildman–Crippen LogP) is 5.21. The van der Waals surface area contributed by atoms with E-state index in [1.165, 1.54) is 24.6 Å². The lowest BCUT2D eigenvalue weighted by molar-refractivity contribution is -0.0482. The summed E-state index contributed by atoms with van der Waals surface area (Å²) in [7, 11) is 0. The Labute approximate surface area is 133 Å². The minimum absolute atomic E-state index is 0.386. The van der Waals surface area contributed by atoms with Gasteiger partial charge in [0.1, 0.15) is 0 Å². The summed E-state index contributed by atoms with van der Waals surface area (Å²) in [5.74, 6) is 2.17. The van der Waals surface area contributed by atoms with Gasteiger partial charge in [0.15, 0.2) is 0 Å². The molecule has 1 heterocycles. The van der Waals surface area contributed by atoms with Gasteiger partial charge in [-0.05, 0) is 42.7 Å². The Bertz CT molecular complexity index is 622. The van der Waals surface area contributed by atoms with Crippen molar-refractivity contribution in [1.82, 2.24) is 4.98 Å². The maximum atomic E-state index is 6.30. The molecule has 0 radical (unpaired) electrons. The SMILES string of the molecule is CC(C)[C@@H]1CC[C@@H](C)C[C@H]1OCc1ccc2ccccc2n1. The number of hydrogen-bond acceptors (Lipinski definition) is 2. The first-order valence-electron chi connectivity index (χ1n) is 8.59. The number of ether oxygens (including phenoxy) is 1. The Balaban J connectivity index is 1.68. The average Bonchev–Trinajstić information content (AvgIpc) is 2.52. The van der Waals surface area contributed by atoms with E-state index in [-0.39, 0.29) is 0 Å². The molecular weight excluding hydrogens is 270 g/mol. The van der Waals surface area contributed by atoms with E-state index < -0.39 is 0 Å². The number of rotatable bonds is 4. The van der Waals surface area contributed by atoms with E-state index in [2.05, 4.69) is 51.1 Å². The topological polar surface area (TPSA) is 22.1 Å². The van der Waals surface area contributed by atoms with Crippen LogP contribution >= 0.6 is 0 Å². The van der Waals surface area contributed by atoms with Crippen LogP contribution in [0.2, 0.25) is 0 Å². The highest BCUT2D eigenvalue weighted by Crippen LogP contribution is 2.35. The van der Waals surface area contributed by atoms with Gasteiger partial charge in [0.25, 0.3) is 0 Å². The zero-order valence-corrected chi connectivity index (χ0v) is 14.0. The third-order valence-corrected chi connectivity index (χ3v) is 5.06. The highest BCUT2D eigenvalue weighted by Gasteiger charge is 2.31. The van der Waals surface area contributed by atoms with Gasteiger partial charge in [-0.1, -0.05) is 51.5 Å². The second-order valence-electron chi connectivity index (χ2n) is 7.17. The third-order valence-electron chi connectivity index (χ3n) is 5.06. The Kier molecular flexibility index (Phi) is 4.77. The fourth-order valence-electron chi connectivity index (χ4n) is 3.69. The molecule has 2 aromatic rings. The quantitative estimate of drug-likeness (QED) is 0.772. The van der Waals surface area contributed by atoms with Crippen LogP contribution in [0.3, 0.4) is 0 Å². The van der Waals surface area contributed by atoms with Crippen LogP contribution in [0.1, 0.15) is 45.7 Å². The van der Waals surface area contributed by atoms with Gasteiger partial charge in [-0.2, -0.15) is 0 Å². The van der Waals surface area contributed by atoms with Crippen molar-refractivity contribution in [3.63, 3.8) is 0 Å². The second kappa shape index (κ2) is 6.78. The van der Waals surface area contributed by atoms with Crippen LogP contribution in [0.25, 0.3) is 10.9 Å². The van der Waals surface area contributed by atoms with Crippen molar-refractivity contribution in [1.29, 1.82) is 0 Å². The summed E-state index contributed by atoms with van der Waals surface area (Å²) in [6.45, 7) is 7.63. The molecular formula is C20H27NO. The van der Waals surface area contributed by atoms with Crippen LogP contribution in [0.5, 0.6) is 0 Å². The molecule has 3 atom stereocenters. The van der Waals surface area contributed by atoms with Gasteiger partial charge < -0.3 is 4.74 Å². The molecule has 0 N–H and O–H groups in total. The summed E-state index contributed by atoms with van der Waals surface area (Å²) in [5.41, 5.74) is 2.10. The van der Waals surface area contributed by atoms with E-state index in [1.54, 1.807) is 0 Å². The van der Waals surface area contributed by atoms with Gasteiger partial charge in [-0.15, -0.1) is 0 Å². The lowest BCUT2D eigenvalue weighted by atomic mass is 9.75. The van der Waals surface area contributed by atoms with Crippen LogP contribution < -0.4 is 0 Å². The standard InChI is InChI=1S/C20H27NO/c1-14(2)18-11-8-15(3)12-20(18)22-13-17-10-9-16-6-4-5-7-19(16)21-17/h4-7,9-10,14-15,18,20H,8,11-13H2,1-3H3/t15-,18+,20-/m1/s1. The normalized spacial score (nSPS) is 25.7. The van der Waals surface area contributed by atoms with Crippen molar-refractivity contribution >= 4 is 10.9 Å². The molecule has 0 saturated heterocycles. The smallest absolute Gasteiger partial charge is 0.0892 e. The van der Waals surface area contributed by atoms with E-state index in [9.17, 15) is 0 Å². The van der Waals surface area contributed by atoms with Crippen molar-refractivity contribution < 1.29 is 4.74 Å². The van der Waals surface area contributed by atoms with Gasteiger partial charge >= 0.3 is 0 Å². The molecule has 118 valence electrons. The number of aromatic nitrogens is 1. The number of pyridine rings is 1. The molecule has 0 unspecified atom stereocenters. The van der Waals surface area contributed by atoms with E-state index in [1.807, 2.05) is 6.07 Å². The molecule has 0 aliphatic heterocycles. The summed E-state index contributed by atoms with van der Waals surface area (Å²) >= 11 is 0. The maximum Gasteiger partial charge on any atom is 0.0892 e. The highest BCUT2D eigenvalue weighted by atomic mass is 16.5. The highest BCUT2D eigenvalue weighted by molar-refractivity contribution is 5.78. The van der Waals surface area contributed by atoms with Gasteiger partial charge in [0.2, 0.25) is 0 Å². The minimum Gasteiger partial charge on any atom is -0.372 e. The van der Waals surface area contributed by atoms with Crippen LogP contribution in [0.4, 0.5) is 0 Å². The van der Waals surface area contributed by atoms with Gasteiger partial charge in [-0.3, -0.25) is 4.98 Å². The summed E-state index contributed by atoms with van der Waals surface area (Å²) in [5, 5.41) is 1.19. The Hall–Kier alpha value is -1.41. The fraction of sp³-hybridized carbons (Fsp3) is 0.550. The van der Waals surface area contributed by atoms with Crippen molar-refractivity contribution in [2.45, 2.75) is 52.7 Å². The van der Waals surface area contributed by atoms with Gasteiger partial charge in [0.05, 0.1) is 23.9 Å². The molecule has 1 aromatic carbocycles. The van der Waals surface area contributed by atoms with E-state index >= 15 is 0 Å². The first-order chi connectivity index (χ1) is 10.6. The first kappa shape index (κ1) is 15.5. The zero-order valence-electron chi connectivity index (χ0n) is 14.0. The van der Waals surface area contributed by atoms with E-state index in [0.717, 1.165) is 17.1 Å². The Morgan fingerprint density at radius 2 is 1.95 bits per heavy atom. The number of nitrogens with zero attached hydrogens (tertiary/aromatic N) is 1. The van der Waals surface area contributed by atoms with Crippen molar-refractivity contribution in [3.8, 4) is 0 Å². The number of para-hydroxylation sites is 1. The molecule has 1 saturated carbocycles. The van der Waals surface area contributed by atoms with Crippen LogP contribution in [-0.4, -0.2) is 11.1 Å². The summed E-state index contributed by atoms with van der Waals surface area (Å²) in [6.07, 6.45) is 4.22. The van der Waals surface area contributed by atoms with Crippen LogP contribution in [0.15, 0.2) is 36.4 Å².